The summed E-state index contributed by atoms with van der Waals surface area (Å²) in [5.41, 5.74) is -3.56. The molecule has 0 saturated carbocycles. The molecule has 282 valence electrons. The van der Waals surface area contributed by atoms with Crippen LogP contribution in [0.2, 0.25) is 0 Å². The summed E-state index contributed by atoms with van der Waals surface area (Å²) in [7, 11) is 0. The minimum atomic E-state index is -3.94. The summed E-state index contributed by atoms with van der Waals surface area (Å²) < 4.78 is 165. The Bertz CT molecular complexity index is 3470. The Hall–Kier alpha value is -5.57. The molecule has 5 heteroatoms. The fraction of sp³-hybridized carbons (Fsp3) is 0.176. The monoisotopic (exact) mass is 930 g/mol. The Labute approximate surface area is 371 Å². The van der Waals surface area contributed by atoms with Crippen LogP contribution in [0.15, 0.2) is 146 Å². The number of hydrogen-bond donors (Lipinski definition) is 1. The number of phenols is 1. The molecule has 0 atom stereocenters. The van der Waals surface area contributed by atoms with Crippen LogP contribution in [0.1, 0.15) is 84.1 Å². The number of aromatic nitrogens is 3. The standard InChI is InChI=1S/C51H46N3O.Pt/c1-33-28-36(34-14-9-8-10-15-34)22-25-45(33)54-46-18-13-17-42(48(46)53-49(54)43-16-11-12-19-47(43)55)38-29-39(31-41(30-38)51(5,6)7)44-32-37(26-27-52-44)35-20-23-40(24-21-35)50(2,3)4;/h8-28,30-32,55H,1-7H3;/q-1;/i1D3,2D3,3D3,4D3,20D,21D,23D,24D,26D,27D,32D;. The fourth-order valence-electron chi connectivity index (χ4n) is 6.42. The minimum Gasteiger partial charge on any atom is -0.507 e. The summed E-state index contributed by atoms with van der Waals surface area (Å²) in [6, 6.07) is 26.3. The Morgan fingerprint density at radius 1 is 0.679 bits per heavy atom. The molecule has 2 heterocycles. The predicted octanol–water partition coefficient (Wildman–Crippen LogP) is 13.2. The van der Waals surface area contributed by atoms with Gasteiger partial charge in [0.2, 0.25) is 0 Å². The summed E-state index contributed by atoms with van der Waals surface area (Å²) >= 11 is 0. The third kappa shape index (κ3) is 7.51. The number of aromatic hydroxyl groups is 1. The number of aryl methyl sites for hydroxylation is 1. The quantitative estimate of drug-likeness (QED) is 0.169. The van der Waals surface area contributed by atoms with E-state index in [1.54, 1.807) is 65.2 Å². The smallest absolute Gasteiger partial charge is 0.148 e. The molecule has 8 rings (SSSR count). The zero-order valence-electron chi connectivity index (χ0n) is 49.4. The molecule has 8 aromatic rings. The van der Waals surface area contributed by atoms with Gasteiger partial charge in [-0.25, -0.2) is 4.98 Å². The number of hydrogen-bond acceptors (Lipinski definition) is 3. The van der Waals surface area contributed by atoms with Crippen LogP contribution in [-0.2, 0) is 31.9 Å². The van der Waals surface area contributed by atoms with Gasteiger partial charge < -0.3 is 5.11 Å². The molecular formula is C51H46N3OPt-. The van der Waals surface area contributed by atoms with Crippen molar-refractivity contribution < 1.29 is 52.2 Å². The number of benzene rings is 6. The summed E-state index contributed by atoms with van der Waals surface area (Å²) in [6.45, 7) is -8.74. The van der Waals surface area contributed by atoms with Crippen molar-refractivity contribution in [3.8, 4) is 67.5 Å². The van der Waals surface area contributed by atoms with Gasteiger partial charge in [-0.15, -0.1) is 29.3 Å². The van der Waals surface area contributed by atoms with Crippen LogP contribution in [0.4, 0.5) is 0 Å². The molecule has 4 nitrogen and oxygen atoms in total. The molecule has 0 saturated heterocycles. The van der Waals surface area contributed by atoms with E-state index < -0.39 is 97.4 Å². The van der Waals surface area contributed by atoms with Gasteiger partial charge in [0, 0.05) is 49.4 Å². The first-order valence-corrected chi connectivity index (χ1v) is 17.4. The van der Waals surface area contributed by atoms with Gasteiger partial charge in [0.15, 0.2) is 0 Å². The largest absolute Gasteiger partial charge is 0.507 e. The van der Waals surface area contributed by atoms with E-state index in [1.165, 1.54) is 6.07 Å². The molecule has 0 aliphatic heterocycles. The number of phenolic OH excluding ortho intramolecular Hbond substituents is 1. The number of nitrogens with zero attached hydrogens (tertiary/aromatic N) is 3. The topological polar surface area (TPSA) is 50.9 Å². The van der Waals surface area contributed by atoms with Crippen LogP contribution in [0.25, 0.3) is 72.7 Å². The van der Waals surface area contributed by atoms with E-state index in [2.05, 4.69) is 11.1 Å². The van der Waals surface area contributed by atoms with Crippen molar-refractivity contribution in [1.29, 1.82) is 0 Å². The van der Waals surface area contributed by atoms with E-state index in [1.807, 2.05) is 57.2 Å². The van der Waals surface area contributed by atoms with Gasteiger partial charge in [0.05, 0.1) is 31.9 Å². The van der Waals surface area contributed by atoms with Crippen molar-refractivity contribution in [3.63, 3.8) is 0 Å². The van der Waals surface area contributed by atoms with Crippen molar-refractivity contribution in [3.05, 3.63) is 168 Å². The Morgan fingerprint density at radius 2 is 1.41 bits per heavy atom. The maximum Gasteiger partial charge on any atom is 0.148 e. The first kappa shape index (κ1) is 21.7. The normalized spacial score (nSPS) is 17.6. The summed E-state index contributed by atoms with van der Waals surface area (Å²) in [4.78, 5) is 9.40. The average Bonchev–Trinajstić information content (AvgIpc) is 3.69. The van der Waals surface area contributed by atoms with Gasteiger partial charge in [0.1, 0.15) is 11.6 Å². The molecule has 0 aliphatic carbocycles. The van der Waals surface area contributed by atoms with Crippen LogP contribution in [0.3, 0.4) is 0 Å². The number of para-hydroxylation sites is 2. The first-order valence-electron chi connectivity index (χ1n) is 26.9. The maximum atomic E-state index is 11.3. The van der Waals surface area contributed by atoms with Crippen molar-refractivity contribution >= 4 is 11.0 Å². The molecule has 6 aromatic carbocycles. The molecule has 0 radical (unpaired) electrons. The van der Waals surface area contributed by atoms with Crippen molar-refractivity contribution in [2.75, 3.05) is 0 Å². The van der Waals surface area contributed by atoms with Crippen molar-refractivity contribution in [2.45, 2.75) is 59.0 Å². The number of imidazole rings is 1. The van der Waals surface area contributed by atoms with E-state index in [9.17, 15) is 6.48 Å². The molecular weight excluding hydrogens is 866 g/mol. The summed E-state index contributed by atoms with van der Waals surface area (Å²) in [5.74, 6) is 0.0575. The summed E-state index contributed by atoms with van der Waals surface area (Å²) in [6.07, 6.45) is -0.790. The van der Waals surface area contributed by atoms with E-state index in [4.69, 9.17) is 29.7 Å². The SMILES string of the molecule is [2H]c1nc(-c2[c-]c(-c3cccc4c3nc(-c3ccccc3O)n4-c3ccc(-c4ccccc4)cc3C([2H])([2H])[2H])cc(C(C)(C)C)c2)c([2H])c(-c2c([2H])c([2H])c(C(C([2H])([2H])[2H])(C([2H])([2H])[2H])C([2H])([2H])[2H])c([2H])c2[2H])c1[2H].[Pt]. The van der Waals surface area contributed by atoms with Crippen LogP contribution in [0, 0.1) is 12.9 Å². The van der Waals surface area contributed by atoms with Crippen molar-refractivity contribution in [2.24, 2.45) is 0 Å². The van der Waals surface area contributed by atoms with E-state index >= 15 is 0 Å². The van der Waals surface area contributed by atoms with Crippen LogP contribution in [0.5, 0.6) is 5.75 Å². The Balaban J connectivity index is 0.00000820. The van der Waals surface area contributed by atoms with Gasteiger partial charge >= 0.3 is 0 Å². The van der Waals surface area contributed by atoms with Gasteiger partial charge in [-0.1, -0.05) is 143 Å². The third-order valence-electron chi connectivity index (χ3n) is 9.30. The predicted molar refractivity (Wildman–Crippen MR) is 229 cm³/mol. The maximum absolute atomic E-state index is 11.3. The second-order valence-corrected chi connectivity index (χ2v) is 14.2. The molecule has 2 aromatic heterocycles. The van der Waals surface area contributed by atoms with Crippen LogP contribution < -0.4 is 0 Å². The molecule has 1 N–H and O–H groups in total. The van der Waals surface area contributed by atoms with Crippen molar-refractivity contribution in [1.82, 2.24) is 14.5 Å². The molecule has 0 spiro atoms. The first-order chi connectivity index (χ1) is 34.2. The molecule has 0 fully saturated rings. The Kier molecular flexibility index (Phi) is 5.86. The number of pyridine rings is 1. The molecule has 0 bridgehead atoms. The van der Waals surface area contributed by atoms with Crippen LogP contribution >= 0.6 is 0 Å². The van der Waals surface area contributed by atoms with Gasteiger partial charge in [0.25, 0.3) is 0 Å². The fourth-order valence-corrected chi connectivity index (χ4v) is 6.42. The van der Waals surface area contributed by atoms with E-state index in [0.717, 1.165) is 5.56 Å². The van der Waals surface area contributed by atoms with Gasteiger partial charge in [-0.3, -0.25) is 9.55 Å². The third-order valence-corrected chi connectivity index (χ3v) is 9.30. The van der Waals surface area contributed by atoms with Gasteiger partial charge in [-0.05, 0) is 87.4 Å². The van der Waals surface area contributed by atoms with Crippen LogP contribution in [-0.4, -0.2) is 19.6 Å². The van der Waals surface area contributed by atoms with Gasteiger partial charge in [-0.2, -0.15) is 0 Å². The zero-order chi connectivity index (χ0) is 54.6. The average molecular weight is 931 g/mol. The zero-order valence-corrected chi connectivity index (χ0v) is 32.7. The second kappa shape index (κ2) is 15.2. The molecule has 0 amide bonds. The minimum absolute atomic E-state index is 0. The Morgan fingerprint density at radius 3 is 2.14 bits per heavy atom. The molecule has 0 aliphatic rings. The number of fused-ring (bicyclic) bond motifs is 1. The van der Waals surface area contributed by atoms with E-state index in [0.29, 0.717) is 33.3 Å². The number of rotatable bonds is 6. The molecule has 56 heavy (non-hydrogen) atoms. The van der Waals surface area contributed by atoms with E-state index in [-0.39, 0.29) is 60.7 Å². The molecule has 0 unspecified atom stereocenters. The summed E-state index contributed by atoms with van der Waals surface area (Å²) in [5, 5.41) is 11.3. The second-order valence-electron chi connectivity index (χ2n) is 14.2.